The molecule has 0 saturated heterocycles. The van der Waals surface area contributed by atoms with Crippen molar-refractivity contribution >= 4 is 23.1 Å². The average Bonchev–Trinajstić information content (AvgIpc) is 2.29. The van der Waals surface area contributed by atoms with Crippen molar-refractivity contribution in [2.75, 3.05) is 5.73 Å². The zero-order valence-corrected chi connectivity index (χ0v) is 9.61. The van der Waals surface area contributed by atoms with E-state index < -0.39 is 0 Å². The number of carbonyl (C=O) groups excluding carboxylic acids is 1. The van der Waals surface area contributed by atoms with Crippen molar-refractivity contribution < 1.29 is 9.90 Å². The van der Waals surface area contributed by atoms with Gasteiger partial charge in [0, 0.05) is 16.8 Å². The predicted molar refractivity (Wildman–Crippen MR) is 67.4 cm³/mol. The summed E-state index contributed by atoms with van der Waals surface area (Å²) in [5.41, 5.74) is 7.00. The highest BCUT2D eigenvalue weighted by molar-refractivity contribution is 6.35. The number of phenols is 1. The van der Waals surface area contributed by atoms with E-state index >= 15 is 0 Å². The van der Waals surface area contributed by atoms with Crippen LogP contribution < -0.4 is 5.73 Å². The standard InChI is InChI=1S/C13H10ClNO2/c14-12-7-10(16)5-6-11(12)13(17)8-1-3-9(15)4-2-8/h1-7,16H,15H2. The smallest absolute Gasteiger partial charge is 0.194 e. The second-order valence-electron chi connectivity index (χ2n) is 3.62. The Labute approximate surface area is 103 Å². The van der Waals surface area contributed by atoms with Gasteiger partial charge in [0.15, 0.2) is 5.78 Å². The van der Waals surface area contributed by atoms with Gasteiger partial charge in [-0.15, -0.1) is 0 Å². The van der Waals surface area contributed by atoms with E-state index in [0.29, 0.717) is 16.8 Å². The van der Waals surface area contributed by atoms with Crippen LogP contribution in [0.3, 0.4) is 0 Å². The van der Waals surface area contributed by atoms with E-state index in [9.17, 15) is 9.90 Å². The highest BCUT2D eigenvalue weighted by atomic mass is 35.5. The van der Waals surface area contributed by atoms with Gasteiger partial charge in [0.05, 0.1) is 5.02 Å². The summed E-state index contributed by atoms with van der Waals surface area (Å²) < 4.78 is 0. The van der Waals surface area contributed by atoms with Crippen LogP contribution in [-0.2, 0) is 0 Å². The molecule has 3 nitrogen and oxygen atoms in total. The summed E-state index contributed by atoms with van der Waals surface area (Å²) in [7, 11) is 0. The lowest BCUT2D eigenvalue weighted by Crippen LogP contribution is -2.02. The van der Waals surface area contributed by atoms with E-state index in [1.807, 2.05) is 0 Å². The SMILES string of the molecule is Nc1ccc(C(=O)c2ccc(O)cc2Cl)cc1. The van der Waals surface area contributed by atoms with Gasteiger partial charge in [0.1, 0.15) is 5.75 Å². The van der Waals surface area contributed by atoms with Crippen molar-refractivity contribution in [2.45, 2.75) is 0 Å². The highest BCUT2D eigenvalue weighted by Crippen LogP contribution is 2.24. The van der Waals surface area contributed by atoms with E-state index in [2.05, 4.69) is 0 Å². The molecule has 0 radical (unpaired) electrons. The van der Waals surface area contributed by atoms with Crippen molar-refractivity contribution in [1.82, 2.24) is 0 Å². The predicted octanol–water partition coefficient (Wildman–Crippen LogP) is 2.86. The van der Waals surface area contributed by atoms with Gasteiger partial charge in [-0.25, -0.2) is 0 Å². The first-order valence-electron chi connectivity index (χ1n) is 4.96. The van der Waals surface area contributed by atoms with Crippen molar-refractivity contribution in [3.05, 3.63) is 58.6 Å². The van der Waals surface area contributed by atoms with Gasteiger partial charge >= 0.3 is 0 Å². The third-order valence-electron chi connectivity index (χ3n) is 2.37. The van der Waals surface area contributed by atoms with Crippen molar-refractivity contribution in [2.24, 2.45) is 0 Å². The number of halogens is 1. The normalized spacial score (nSPS) is 10.2. The maximum Gasteiger partial charge on any atom is 0.194 e. The minimum absolute atomic E-state index is 0.0313. The first-order valence-corrected chi connectivity index (χ1v) is 5.34. The number of anilines is 1. The van der Waals surface area contributed by atoms with E-state index in [1.165, 1.54) is 18.2 Å². The number of carbonyl (C=O) groups is 1. The maximum absolute atomic E-state index is 12.1. The number of ketones is 1. The molecule has 2 rings (SSSR count). The monoisotopic (exact) mass is 247 g/mol. The van der Waals surface area contributed by atoms with Crippen LogP contribution in [0.1, 0.15) is 15.9 Å². The molecular weight excluding hydrogens is 238 g/mol. The molecule has 0 amide bonds. The number of aromatic hydroxyl groups is 1. The molecule has 0 atom stereocenters. The minimum atomic E-state index is -0.199. The molecule has 86 valence electrons. The number of nitrogens with two attached hydrogens (primary N) is 1. The van der Waals surface area contributed by atoms with Gasteiger partial charge in [-0.2, -0.15) is 0 Å². The number of rotatable bonds is 2. The molecule has 0 aromatic heterocycles. The average molecular weight is 248 g/mol. The largest absolute Gasteiger partial charge is 0.508 e. The fraction of sp³-hybridized carbons (Fsp3) is 0. The molecular formula is C13H10ClNO2. The zero-order valence-electron chi connectivity index (χ0n) is 8.85. The second-order valence-corrected chi connectivity index (χ2v) is 4.02. The Balaban J connectivity index is 2.40. The van der Waals surface area contributed by atoms with Gasteiger partial charge in [-0.3, -0.25) is 4.79 Å². The Morgan fingerprint density at radius 3 is 2.35 bits per heavy atom. The van der Waals surface area contributed by atoms with Crippen LogP contribution in [0, 0.1) is 0 Å². The molecule has 17 heavy (non-hydrogen) atoms. The molecule has 0 aliphatic carbocycles. The molecule has 0 heterocycles. The quantitative estimate of drug-likeness (QED) is 0.634. The van der Waals surface area contributed by atoms with Crippen molar-refractivity contribution in [3.8, 4) is 5.75 Å². The molecule has 0 saturated carbocycles. The Morgan fingerprint density at radius 1 is 1.12 bits per heavy atom. The first kappa shape index (κ1) is 11.5. The molecule has 0 aliphatic heterocycles. The Bertz CT molecular complexity index is 564. The minimum Gasteiger partial charge on any atom is -0.508 e. The molecule has 0 spiro atoms. The number of phenolic OH excluding ortho intramolecular Hbond substituents is 1. The third kappa shape index (κ3) is 2.40. The topological polar surface area (TPSA) is 63.3 Å². The molecule has 0 unspecified atom stereocenters. The summed E-state index contributed by atoms with van der Waals surface area (Å²) in [4.78, 5) is 12.1. The number of nitrogen functional groups attached to an aromatic ring is 1. The summed E-state index contributed by atoms with van der Waals surface area (Å²) >= 11 is 5.90. The number of benzene rings is 2. The lowest BCUT2D eigenvalue weighted by atomic mass is 10.0. The molecule has 2 aromatic carbocycles. The summed E-state index contributed by atoms with van der Waals surface area (Å²) in [6, 6.07) is 10.9. The van der Waals surface area contributed by atoms with Crippen LogP contribution >= 0.6 is 11.6 Å². The zero-order chi connectivity index (χ0) is 12.4. The van der Waals surface area contributed by atoms with Gasteiger partial charge in [0.2, 0.25) is 0 Å². The number of hydrogen-bond donors (Lipinski definition) is 2. The molecule has 0 fully saturated rings. The van der Waals surface area contributed by atoms with Crippen LogP contribution in [-0.4, -0.2) is 10.9 Å². The molecule has 2 aromatic rings. The summed E-state index contributed by atoms with van der Waals surface area (Å²) in [6.07, 6.45) is 0. The summed E-state index contributed by atoms with van der Waals surface area (Å²) in [6.45, 7) is 0. The molecule has 0 bridgehead atoms. The Morgan fingerprint density at radius 2 is 1.76 bits per heavy atom. The van der Waals surface area contributed by atoms with Crippen LogP contribution in [0.5, 0.6) is 5.75 Å². The molecule has 4 heteroatoms. The summed E-state index contributed by atoms with van der Waals surface area (Å²) in [5, 5.41) is 9.44. The highest BCUT2D eigenvalue weighted by Gasteiger charge is 2.12. The van der Waals surface area contributed by atoms with E-state index in [4.69, 9.17) is 17.3 Å². The maximum atomic E-state index is 12.1. The van der Waals surface area contributed by atoms with Gasteiger partial charge in [-0.05, 0) is 42.5 Å². The van der Waals surface area contributed by atoms with Crippen molar-refractivity contribution in [3.63, 3.8) is 0 Å². The van der Waals surface area contributed by atoms with Gasteiger partial charge in [-0.1, -0.05) is 11.6 Å². The van der Waals surface area contributed by atoms with Gasteiger partial charge < -0.3 is 10.8 Å². The lowest BCUT2D eigenvalue weighted by molar-refractivity contribution is 0.103. The van der Waals surface area contributed by atoms with E-state index in [-0.39, 0.29) is 16.6 Å². The first-order chi connectivity index (χ1) is 8.08. The van der Waals surface area contributed by atoms with Crippen LogP contribution in [0.15, 0.2) is 42.5 Å². The lowest BCUT2D eigenvalue weighted by Gasteiger charge is -2.04. The van der Waals surface area contributed by atoms with Crippen LogP contribution in [0.2, 0.25) is 5.02 Å². The molecule has 3 N–H and O–H groups in total. The number of hydrogen-bond acceptors (Lipinski definition) is 3. The van der Waals surface area contributed by atoms with E-state index in [0.717, 1.165) is 0 Å². The Kier molecular flexibility index (Phi) is 3.02. The van der Waals surface area contributed by atoms with Crippen molar-refractivity contribution in [1.29, 1.82) is 0 Å². The van der Waals surface area contributed by atoms with Gasteiger partial charge in [0.25, 0.3) is 0 Å². The fourth-order valence-electron chi connectivity index (χ4n) is 1.48. The Hall–Kier alpha value is -2.00. The summed E-state index contributed by atoms with van der Waals surface area (Å²) in [5.74, 6) is -0.168. The molecule has 0 aliphatic rings. The third-order valence-corrected chi connectivity index (χ3v) is 2.68. The van der Waals surface area contributed by atoms with E-state index in [1.54, 1.807) is 24.3 Å². The fourth-order valence-corrected chi connectivity index (χ4v) is 1.74. The van der Waals surface area contributed by atoms with Crippen LogP contribution in [0.25, 0.3) is 0 Å². The van der Waals surface area contributed by atoms with Crippen LogP contribution in [0.4, 0.5) is 5.69 Å². The second kappa shape index (κ2) is 4.47.